The molecule has 1 saturated heterocycles. The van der Waals surface area contributed by atoms with Crippen molar-refractivity contribution in [1.82, 2.24) is 4.90 Å². The first-order valence-corrected chi connectivity index (χ1v) is 8.17. The van der Waals surface area contributed by atoms with Crippen LogP contribution in [0.5, 0.6) is 5.75 Å². The number of ketones is 2. The Morgan fingerprint density at radius 3 is 2.50 bits per heavy atom. The molecule has 5 heteroatoms. The van der Waals surface area contributed by atoms with Gasteiger partial charge in [-0.1, -0.05) is 24.3 Å². The molecular formula is C19H21NO4. The molecule has 0 radical (unpaired) electrons. The van der Waals surface area contributed by atoms with Crippen LogP contribution >= 0.6 is 0 Å². The van der Waals surface area contributed by atoms with Crippen LogP contribution < -0.4 is 4.74 Å². The molecule has 0 spiro atoms. The molecule has 0 unspecified atom stereocenters. The Labute approximate surface area is 141 Å². The Kier molecular flexibility index (Phi) is 5.23. The molecule has 2 aromatic carbocycles. The number of rotatable bonds is 6. The largest absolute Gasteiger partial charge is 0.492 e. The summed E-state index contributed by atoms with van der Waals surface area (Å²) in [5.74, 6) is -0.189. The highest BCUT2D eigenvalue weighted by molar-refractivity contribution is 6.45. The lowest BCUT2D eigenvalue weighted by atomic mass is 9.99. The van der Waals surface area contributed by atoms with E-state index >= 15 is 0 Å². The number of fused-ring (bicyclic) bond motifs is 1. The number of ether oxygens (including phenoxy) is 2. The molecular weight excluding hydrogens is 306 g/mol. The van der Waals surface area contributed by atoms with Crippen LogP contribution in [-0.4, -0.2) is 55.9 Å². The molecule has 3 rings (SSSR count). The minimum Gasteiger partial charge on any atom is -0.492 e. The minimum absolute atomic E-state index is 0.429. The fourth-order valence-corrected chi connectivity index (χ4v) is 2.89. The van der Waals surface area contributed by atoms with Gasteiger partial charge in [0.05, 0.1) is 13.2 Å². The zero-order valence-corrected chi connectivity index (χ0v) is 13.8. The van der Waals surface area contributed by atoms with Gasteiger partial charge in [-0.3, -0.25) is 14.5 Å². The third kappa shape index (κ3) is 3.63. The van der Waals surface area contributed by atoms with Crippen molar-refractivity contribution in [3.8, 4) is 5.75 Å². The maximum atomic E-state index is 12.1. The van der Waals surface area contributed by atoms with Crippen LogP contribution in [-0.2, 0) is 9.53 Å². The number of carbonyl (C=O) groups is 2. The number of benzene rings is 2. The average Bonchev–Trinajstić information content (AvgIpc) is 2.62. The molecule has 0 aliphatic carbocycles. The van der Waals surface area contributed by atoms with Crippen LogP contribution in [0.2, 0.25) is 0 Å². The highest BCUT2D eigenvalue weighted by atomic mass is 16.5. The Bertz CT molecular complexity index is 750. The number of morpholine rings is 1. The second-order valence-electron chi connectivity index (χ2n) is 5.84. The highest BCUT2D eigenvalue weighted by Gasteiger charge is 2.16. The Hall–Kier alpha value is -2.24. The van der Waals surface area contributed by atoms with Gasteiger partial charge < -0.3 is 9.47 Å². The van der Waals surface area contributed by atoms with Crippen LogP contribution in [0.15, 0.2) is 36.4 Å². The molecule has 1 aliphatic heterocycles. The van der Waals surface area contributed by atoms with E-state index in [1.54, 1.807) is 12.1 Å². The number of hydrogen-bond acceptors (Lipinski definition) is 5. The summed E-state index contributed by atoms with van der Waals surface area (Å²) in [6.07, 6.45) is 0. The molecule has 0 bridgehead atoms. The summed E-state index contributed by atoms with van der Waals surface area (Å²) < 4.78 is 11.3. The van der Waals surface area contributed by atoms with Crippen LogP contribution in [0.1, 0.15) is 17.3 Å². The van der Waals surface area contributed by atoms with Gasteiger partial charge in [0.1, 0.15) is 12.4 Å². The van der Waals surface area contributed by atoms with Gasteiger partial charge in [-0.05, 0) is 17.5 Å². The maximum Gasteiger partial charge on any atom is 0.228 e. The van der Waals surface area contributed by atoms with Gasteiger partial charge in [-0.25, -0.2) is 0 Å². The monoisotopic (exact) mass is 327 g/mol. The van der Waals surface area contributed by atoms with Gasteiger partial charge >= 0.3 is 0 Å². The molecule has 1 fully saturated rings. The van der Waals surface area contributed by atoms with Crippen molar-refractivity contribution in [3.63, 3.8) is 0 Å². The van der Waals surface area contributed by atoms with E-state index in [1.165, 1.54) is 6.92 Å². The number of nitrogens with zero attached hydrogens (tertiary/aromatic N) is 1. The smallest absolute Gasteiger partial charge is 0.228 e. The van der Waals surface area contributed by atoms with Gasteiger partial charge in [-0.15, -0.1) is 0 Å². The Morgan fingerprint density at radius 2 is 1.79 bits per heavy atom. The quantitative estimate of drug-likeness (QED) is 0.602. The molecule has 1 heterocycles. The zero-order chi connectivity index (χ0) is 16.9. The summed E-state index contributed by atoms with van der Waals surface area (Å²) >= 11 is 0. The Morgan fingerprint density at radius 1 is 1.08 bits per heavy atom. The molecule has 24 heavy (non-hydrogen) atoms. The summed E-state index contributed by atoms with van der Waals surface area (Å²) in [5, 5.41) is 1.60. The van der Waals surface area contributed by atoms with Crippen LogP contribution in [0.4, 0.5) is 0 Å². The lowest BCUT2D eigenvalue weighted by molar-refractivity contribution is -0.113. The summed E-state index contributed by atoms with van der Waals surface area (Å²) in [6, 6.07) is 11.0. The number of carbonyl (C=O) groups excluding carboxylic acids is 2. The van der Waals surface area contributed by atoms with E-state index in [0.717, 1.165) is 49.4 Å². The van der Waals surface area contributed by atoms with Crippen molar-refractivity contribution >= 4 is 22.3 Å². The van der Waals surface area contributed by atoms with Gasteiger partial charge in [0.25, 0.3) is 0 Å². The predicted molar refractivity (Wildman–Crippen MR) is 91.7 cm³/mol. The van der Waals surface area contributed by atoms with Crippen molar-refractivity contribution in [2.24, 2.45) is 0 Å². The van der Waals surface area contributed by atoms with Crippen molar-refractivity contribution in [1.29, 1.82) is 0 Å². The van der Waals surface area contributed by atoms with Gasteiger partial charge in [0.2, 0.25) is 5.78 Å². The first-order chi connectivity index (χ1) is 11.7. The first-order valence-electron chi connectivity index (χ1n) is 8.17. The second-order valence-corrected chi connectivity index (χ2v) is 5.84. The van der Waals surface area contributed by atoms with Gasteiger partial charge in [0.15, 0.2) is 5.78 Å². The summed E-state index contributed by atoms with van der Waals surface area (Å²) in [5.41, 5.74) is 0.429. The van der Waals surface area contributed by atoms with Crippen molar-refractivity contribution in [3.05, 3.63) is 42.0 Å². The van der Waals surface area contributed by atoms with Gasteiger partial charge in [0, 0.05) is 37.5 Å². The fourth-order valence-electron chi connectivity index (χ4n) is 2.89. The predicted octanol–water partition coefficient (Wildman–Crippen LogP) is 2.32. The van der Waals surface area contributed by atoms with E-state index in [9.17, 15) is 9.59 Å². The van der Waals surface area contributed by atoms with E-state index in [-0.39, 0.29) is 0 Å². The number of Topliss-reactive ketones (excluding diaryl/α,β-unsaturated/α-hetero) is 2. The van der Waals surface area contributed by atoms with E-state index in [4.69, 9.17) is 9.47 Å². The van der Waals surface area contributed by atoms with E-state index < -0.39 is 11.6 Å². The first kappa shape index (κ1) is 16.6. The summed E-state index contributed by atoms with van der Waals surface area (Å²) in [4.78, 5) is 25.8. The third-order valence-electron chi connectivity index (χ3n) is 4.22. The minimum atomic E-state index is -0.467. The van der Waals surface area contributed by atoms with Crippen LogP contribution in [0.25, 0.3) is 10.8 Å². The molecule has 0 aromatic heterocycles. The van der Waals surface area contributed by atoms with E-state index in [1.807, 2.05) is 24.3 Å². The Balaban J connectivity index is 1.77. The highest BCUT2D eigenvalue weighted by Crippen LogP contribution is 2.29. The molecule has 0 N–H and O–H groups in total. The molecule has 1 aliphatic rings. The average molecular weight is 327 g/mol. The zero-order valence-electron chi connectivity index (χ0n) is 13.8. The molecule has 126 valence electrons. The van der Waals surface area contributed by atoms with Crippen molar-refractivity contribution in [2.75, 3.05) is 39.5 Å². The fraction of sp³-hybridized carbons (Fsp3) is 0.368. The molecule has 5 nitrogen and oxygen atoms in total. The molecule has 0 atom stereocenters. The maximum absolute atomic E-state index is 12.1. The SMILES string of the molecule is CC(=O)C(=O)c1ccc(OCCN2CCOCC2)c2ccccc12. The van der Waals surface area contributed by atoms with Crippen molar-refractivity contribution in [2.45, 2.75) is 6.92 Å². The van der Waals surface area contributed by atoms with E-state index in [2.05, 4.69) is 4.90 Å². The van der Waals surface area contributed by atoms with E-state index in [0.29, 0.717) is 12.2 Å². The topological polar surface area (TPSA) is 55.8 Å². The standard InChI is InChI=1S/C19H21NO4/c1-14(21)19(22)17-6-7-18(16-5-3-2-4-15(16)17)24-13-10-20-8-11-23-12-9-20/h2-7H,8-13H2,1H3. The van der Waals surface area contributed by atoms with Crippen molar-refractivity contribution < 1.29 is 19.1 Å². The van der Waals surface area contributed by atoms with Crippen LogP contribution in [0.3, 0.4) is 0 Å². The summed E-state index contributed by atoms with van der Waals surface area (Å²) in [7, 11) is 0. The second kappa shape index (κ2) is 7.55. The lowest BCUT2D eigenvalue weighted by Crippen LogP contribution is -2.38. The number of hydrogen-bond donors (Lipinski definition) is 0. The normalized spacial score (nSPS) is 15.4. The summed E-state index contributed by atoms with van der Waals surface area (Å²) in [6.45, 7) is 6.10. The lowest BCUT2D eigenvalue weighted by Gasteiger charge is -2.26. The molecule has 2 aromatic rings. The van der Waals surface area contributed by atoms with Gasteiger partial charge in [-0.2, -0.15) is 0 Å². The molecule has 0 amide bonds. The third-order valence-corrected chi connectivity index (χ3v) is 4.22. The molecule has 0 saturated carbocycles. The van der Waals surface area contributed by atoms with Crippen LogP contribution in [0, 0.1) is 0 Å².